The Labute approximate surface area is 107 Å². The van der Waals surface area contributed by atoms with Crippen LogP contribution in [0.1, 0.15) is 32.3 Å². The number of hydrogen-bond acceptors (Lipinski definition) is 3. The summed E-state index contributed by atoms with van der Waals surface area (Å²) in [5.41, 5.74) is 2.23. The number of carbonyl (C=O) groups is 1. The third-order valence-corrected chi connectivity index (χ3v) is 2.99. The number of carboxylic acids is 1. The summed E-state index contributed by atoms with van der Waals surface area (Å²) >= 11 is 0. The van der Waals surface area contributed by atoms with Crippen molar-refractivity contribution in [3.63, 3.8) is 0 Å². The maximum Gasteiger partial charge on any atom is 0.305 e. The molecule has 4 nitrogen and oxygen atoms in total. The van der Waals surface area contributed by atoms with Crippen LogP contribution in [0.2, 0.25) is 0 Å². The van der Waals surface area contributed by atoms with Gasteiger partial charge in [0.05, 0.1) is 12.5 Å². The highest BCUT2D eigenvalue weighted by molar-refractivity contribution is 5.69. The second-order valence-electron chi connectivity index (χ2n) is 4.96. The number of nitrogens with one attached hydrogen (secondary N) is 1. The fourth-order valence-electron chi connectivity index (χ4n) is 2.25. The first-order valence-electron chi connectivity index (χ1n) is 6.32. The van der Waals surface area contributed by atoms with Crippen LogP contribution in [0, 0.1) is 0 Å². The van der Waals surface area contributed by atoms with E-state index in [-0.39, 0.29) is 18.6 Å². The van der Waals surface area contributed by atoms with Crippen LogP contribution in [-0.2, 0) is 11.2 Å². The maximum atomic E-state index is 10.7. The van der Waals surface area contributed by atoms with E-state index < -0.39 is 5.97 Å². The van der Waals surface area contributed by atoms with E-state index in [1.54, 1.807) is 0 Å². The van der Waals surface area contributed by atoms with Crippen molar-refractivity contribution in [3.8, 4) is 5.75 Å². The molecular formula is C14H19NO3. The Morgan fingerprint density at radius 1 is 1.56 bits per heavy atom. The molecule has 1 aliphatic heterocycles. The van der Waals surface area contributed by atoms with E-state index in [2.05, 4.69) is 5.32 Å². The normalized spacial score (nSPS) is 18.1. The minimum atomic E-state index is -0.754. The zero-order chi connectivity index (χ0) is 13.1. The van der Waals surface area contributed by atoms with E-state index in [0.717, 1.165) is 24.3 Å². The number of carboxylic acid groups (broad SMARTS) is 1. The van der Waals surface area contributed by atoms with E-state index in [1.807, 2.05) is 32.0 Å². The molecule has 0 amide bonds. The standard InChI is InChI=1S/C14H19NO3/c1-9(2)18-12-5-6-13-10(7-12)3-4-11(15-13)8-14(16)17/h5-7,9,11,15H,3-4,8H2,1-2H3,(H,16,17). The summed E-state index contributed by atoms with van der Waals surface area (Å²) in [6, 6.07) is 5.97. The lowest BCUT2D eigenvalue weighted by molar-refractivity contribution is -0.137. The number of rotatable bonds is 4. The highest BCUT2D eigenvalue weighted by atomic mass is 16.5. The van der Waals surface area contributed by atoms with Crippen LogP contribution in [0.25, 0.3) is 0 Å². The molecule has 1 atom stereocenters. The highest BCUT2D eigenvalue weighted by Gasteiger charge is 2.20. The highest BCUT2D eigenvalue weighted by Crippen LogP contribution is 2.29. The Kier molecular flexibility index (Phi) is 3.75. The number of fused-ring (bicyclic) bond motifs is 1. The lowest BCUT2D eigenvalue weighted by Gasteiger charge is -2.26. The number of ether oxygens (including phenoxy) is 1. The average molecular weight is 249 g/mol. The summed E-state index contributed by atoms with van der Waals surface area (Å²) in [5, 5.41) is 12.1. The molecule has 1 aliphatic rings. The minimum Gasteiger partial charge on any atom is -0.491 e. The van der Waals surface area contributed by atoms with Gasteiger partial charge in [0.1, 0.15) is 5.75 Å². The Hall–Kier alpha value is -1.71. The summed E-state index contributed by atoms with van der Waals surface area (Å²) in [6.45, 7) is 4.00. The number of aryl methyl sites for hydroxylation is 1. The molecule has 1 aromatic rings. The molecule has 0 radical (unpaired) electrons. The maximum absolute atomic E-state index is 10.7. The van der Waals surface area contributed by atoms with Gasteiger partial charge in [-0.15, -0.1) is 0 Å². The molecular weight excluding hydrogens is 230 g/mol. The molecule has 98 valence electrons. The van der Waals surface area contributed by atoms with Gasteiger partial charge in [-0.05, 0) is 50.5 Å². The molecule has 0 spiro atoms. The van der Waals surface area contributed by atoms with Crippen molar-refractivity contribution >= 4 is 11.7 Å². The summed E-state index contributed by atoms with van der Waals surface area (Å²) in [4.78, 5) is 10.7. The molecule has 2 rings (SSSR count). The smallest absolute Gasteiger partial charge is 0.305 e. The van der Waals surface area contributed by atoms with Crippen molar-refractivity contribution in [2.24, 2.45) is 0 Å². The molecule has 0 aromatic heterocycles. The monoisotopic (exact) mass is 249 g/mol. The zero-order valence-corrected chi connectivity index (χ0v) is 10.8. The van der Waals surface area contributed by atoms with Crippen molar-refractivity contribution in [1.82, 2.24) is 0 Å². The van der Waals surface area contributed by atoms with Crippen molar-refractivity contribution in [1.29, 1.82) is 0 Å². The number of hydrogen-bond donors (Lipinski definition) is 2. The van der Waals surface area contributed by atoms with Crippen LogP contribution >= 0.6 is 0 Å². The van der Waals surface area contributed by atoms with Gasteiger partial charge in [-0.25, -0.2) is 0 Å². The molecule has 0 bridgehead atoms. The SMILES string of the molecule is CC(C)Oc1ccc2c(c1)CCC(CC(=O)O)N2. The molecule has 1 heterocycles. The lowest BCUT2D eigenvalue weighted by atomic mass is 9.96. The predicted octanol–water partition coefficient (Wildman–Crippen LogP) is 2.68. The Bertz CT molecular complexity index is 443. The summed E-state index contributed by atoms with van der Waals surface area (Å²) in [5.74, 6) is 0.123. The quantitative estimate of drug-likeness (QED) is 0.861. The van der Waals surface area contributed by atoms with Crippen molar-refractivity contribution in [3.05, 3.63) is 23.8 Å². The van der Waals surface area contributed by atoms with Crippen LogP contribution < -0.4 is 10.1 Å². The van der Waals surface area contributed by atoms with E-state index in [9.17, 15) is 4.79 Å². The molecule has 1 unspecified atom stereocenters. The first-order valence-corrected chi connectivity index (χ1v) is 6.32. The van der Waals surface area contributed by atoms with Crippen molar-refractivity contribution < 1.29 is 14.6 Å². The second kappa shape index (κ2) is 5.29. The van der Waals surface area contributed by atoms with Crippen molar-refractivity contribution in [2.75, 3.05) is 5.32 Å². The molecule has 0 fully saturated rings. The number of anilines is 1. The Morgan fingerprint density at radius 2 is 2.33 bits per heavy atom. The predicted molar refractivity (Wildman–Crippen MR) is 70.2 cm³/mol. The number of benzene rings is 1. The van der Waals surface area contributed by atoms with E-state index in [1.165, 1.54) is 5.56 Å². The summed E-state index contributed by atoms with van der Waals surface area (Å²) < 4.78 is 5.65. The largest absolute Gasteiger partial charge is 0.491 e. The molecule has 1 aromatic carbocycles. The van der Waals surface area contributed by atoms with Gasteiger partial charge in [-0.3, -0.25) is 4.79 Å². The van der Waals surface area contributed by atoms with Gasteiger partial charge in [-0.2, -0.15) is 0 Å². The fourth-order valence-corrected chi connectivity index (χ4v) is 2.25. The van der Waals surface area contributed by atoms with Crippen LogP contribution in [-0.4, -0.2) is 23.2 Å². The van der Waals surface area contributed by atoms with E-state index in [4.69, 9.17) is 9.84 Å². The molecule has 0 saturated carbocycles. The van der Waals surface area contributed by atoms with E-state index in [0.29, 0.717) is 0 Å². The van der Waals surface area contributed by atoms with Gasteiger partial charge in [-0.1, -0.05) is 0 Å². The van der Waals surface area contributed by atoms with Crippen LogP contribution in [0.4, 0.5) is 5.69 Å². The summed E-state index contributed by atoms with van der Waals surface area (Å²) in [7, 11) is 0. The van der Waals surface area contributed by atoms with Gasteiger partial charge in [0, 0.05) is 11.7 Å². The van der Waals surface area contributed by atoms with Crippen LogP contribution in [0.3, 0.4) is 0 Å². The first-order chi connectivity index (χ1) is 8.54. The molecule has 0 aliphatic carbocycles. The van der Waals surface area contributed by atoms with Gasteiger partial charge in [0.15, 0.2) is 0 Å². The average Bonchev–Trinajstić information content (AvgIpc) is 2.27. The van der Waals surface area contributed by atoms with Crippen LogP contribution in [0.5, 0.6) is 5.75 Å². The fraction of sp³-hybridized carbons (Fsp3) is 0.500. The topological polar surface area (TPSA) is 58.6 Å². The minimum absolute atomic E-state index is 0.0341. The molecule has 0 saturated heterocycles. The van der Waals surface area contributed by atoms with Gasteiger partial charge < -0.3 is 15.2 Å². The molecule has 18 heavy (non-hydrogen) atoms. The van der Waals surface area contributed by atoms with Gasteiger partial charge >= 0.3 is 5.97 Å². The third-order valence-electron chi connectivity index (χ3n) is 2.99. The Morgan fingerprint density at radius 3 is 3.00 bits per heavy atom. The molecule has 4 heteroatoms. The lowest BCUT2D eigenvalue weighted by Crippen LogP contribution is -2.28. The first kappa shape index (κ1) is 12.7. The Balaban J connectivity index is 2.08. The number of aliphatic carboxylic acids is 1. The molecule has 2 N–H and O–H groups in total. The van der Waals surface area contributed by atoms with Crippen molar-refractivity contribution in [2.45, 2.75) is 45.3 Å². The second-order valence-corrected chi connectivity index (χ2v) is 4.96. The van der Waals surface area contributed by atoms with Gasteiger partial charge in [0.25, 0.3) is 0 Å². The van der Waals surface area contributed by atoms with Gasteiger partial charge in [0.2, 0.25) is 0 Å². The van der Waals surface area contributed by atoms with E-state index >= 15 is 0 Å². The van der Waals surface area contributed by atoms with Crippen LogP contribution in [0.15, 0.2) is 18.2 Å². The third kappa shape index (κ3) is 3.15. The zero-order valence-electron chi connectivity index (χ0n) is 10.8. The summed E-state index contributed by atoms with van der Waals surface area (Å²) in [6.07, 6.45) is 2.09.